The van der Waals surface area contributed by atoms with Gasteiger partial charge in [-0.15, -0.1) is 0 Å². The smallest absolute Gasteiger partial charge is 0.294 e. The van der Waals surface area contributed by atoms with Crippen molar-refractivity contribution in [1.82, 2.24) is 19.0 Å². The molecule has 9 nitrogen and oxygen atoms in total. The monoisotopic (exact) mass is 671 g/mol. The van der Waals surface area contributed by atoms with E-state index in [4.69, 9.17) is 0 Å². The van der Waals surface area contributed by atoms with Crippen LogP contribution in [0.15, 0.2) is 103 Å². The van der Waals surface area contributed by atoms with Gasteiger partial charge in [0, 0.05) is 67.8 Å². The van der Waals surface area contributed by atoms with E-state index in [1.165, 1.54) is 35.4 Å². The first-order chi connectivity index (χ1) is 23.6. The minimum Gasteiger partial charge on any atom is -0.507 e. The van der Waals surface area contributed by atoms with Crippen LogP contribution in [0.3, 0.4) is 0 Å². The summed E-state index contributed by atoms with van der Waals surface area (Å²) in [5.41, 5.74) is 1.04. The van der Waals surface area contributed by atoms with Crippen LogP contribution in [0.4, 0.5) is 23.2 Å². The number of aromatic nitrogens is 3. The molecule has 1 amide bonds. The molecule has 0 saturated carbocycles. The first-order valence-corrected chi connectivity index (χ1v) is 15.2. The van der Waals surface area contributed by atoms with Crippen LogP contribution in [0.5, 0.6) is 0 Å². The van der Waals surface area contributed by atoms with Crippen molar-refractivity contribution < 1.29 is 32.3 Å². The highest BCUT2D eigenvalue weighted by molar-refractivity contribution is 6.41. The summed E-state index contributed by atoms with van der Waals surface area (Å²) in [5.74, 6) is -7.82. The molecule has 0 bridgehead atoms. The number of piperazine rings is 1. The molecule has 3 heterocycles. The van der Waals surface area contributed by atoms with Crippen molar-refractivity contribution in [2.45, 2.75) is 13.0 Å². The fourth-order valence-electron chi connectivity index (χ4n) is 5.69. The second-order valence-corrected chi connectivity index (χ2v) is 11.5. The van der Waals surface area contributed by atoms with E-state index in [1.54, 1.807) is 18.6 Å². The summed E-state index contributed by atoms with van der Waals surface area (Å²) in [7, 11) is 0. The van der Waals surface area contributed by atoms with Crippen LogP contribution in [0.2, 0.25) is 0 Å². The minimum atomic E-state index is -1.64. The molecular weight excluding hydrogens is 642 g/mol. The number of amides is 1. The standard InChI is InChI=1S/C36H29F4N5O4/c37-29-4-2-1-3-25(29)21-45-20-24(15-23-17-30(38)34(40)31(39)18-23)16-28(35(45)48)32(46)19-33(47)36(49)43-13-11-42(12-14-43)26-5-7-27(8-6-26)44-10-9-41-22-44/h1-10,16-20,22,46H,11-15,21H2/b32-19+. The summed E-state index contributed by atoms with van der Waals surface area (Å²) >= 11 is 0. The number of hydrogen-bond acceptors (Lipinski definition) is 6. The van der Waals surface area contributed by atoms with Crippen LogP contribution in [0, 0.1) is 23.3 Å². The third kappa shape index (κ3) is 7.30. The summed E-state index contributed by atoms with van der Waals surface area (Å²) in [6.45, 7) is 1.09. The Hall–Kier alpha value is -5.98. The predicted molar refractivity (Wildman–Crippen MR) is 173 cm³/mol. The molecule has 0 atom stereocenters. The topological polar surface area (TPSA) is 101 Å². The maximum absolute atomic E-state index is 14.5. The molecule has 5 aromatic rings. The van der Waals surface area contributed by atoms with E-state index in [-0.39, 0.29) is 42.7 Å². The number of aliphatic hydroxyl groups is 1. The van der Waals surface area contributed by atoms with Crippen molar-refractivity contribution in [2.24, 2.45) is 0 Å². The lowest BCUT2D eigenvalue weighted by Gasteiger charge is -2.35. The number of ketones is 1. The summed E-state index contributed by atoms with van der Waals surface area (Å²) in [6, 6.07) is 16.3. The van der Waals surface area contributed by atoms with Crippen molar-refractivity contribution in [3.63, 3.8) is 0 Å². The van der Waals surface area contributed by atoms with Crippen molar-refractivity contribution in [2.75, 3.05) is 31.1 Å². The molecule has 250 valence electrons. The molecule has 1 saturated heterocycles. The average Bonchev–Trinajstić information content (AvgIpc) is 3.64. The lowest BCUT2D eigenvalue weighted by atomic mass is 10.0. The van der Waals surface area contributed by atoms with Gasteiger partial charge < -0.3 is 24.0 Å². The molecule has 1 N–H and O–H groups in total. The number of halogens is 4. The normalized spacial score (nSPS) is 13.5. The van der Waals surface area contributed by atoms with Gasteiger partial charge in [-0.05, 0) is 66.1 Å². The fraction of sp³-hybridized carbons (Fsp3) is 0.167. The number of carbonyl (C=O) groups is 2. The Morgan fingerprint density at radius 3 is 2.16 bits per heavy atom. The lowest BCUT2D eigenvalue weighted by Crippen LogP contribution is -2.50. The number of pyridine rings is 1. The number of carbonyl (C=O) groups excluding carboxylic acids is 2. The van der Waals surface area contributed by atoms with Crippen LogP contribution in [-0.4, -0.2) is 62.0 Å². The highest BCUT2D eigenvalue weighted by atomic mass is 19.2. The highest BCUT2D eigenvalue weighted by Crippen LogP contribution is 2.21. The van der Waals surface area contributed by atoms with Gasteiger partial charge in [-0.3, -0.25) is 14.4 Å². The van der Waals surface area contributed by atoms with Crippen LogP contribution >= 0.6 is 0 Å². The highest BCUT2D eigenvalue weighted by Gasteiger charge is 2.26. The van der Waals surface area contributed by atoms with E-state index in [9.17, 15) is 37.1 Å². The van der Waals surface area contributed by atoms with Gasteiger partial charge >= 0.3 is 0 Å². The Kier molecular flexibility index (Phi) is 9.42. The van der Waals surface area contributed by atoms with Crippen molar-refractivity contribution in [3.8, 4) is 5.69 Å². The van der Waals surface area contributed by atoms with Crippen molar-refractivity contribution >= 4 is 23.1 Å². The Morgan fingerprint density at radius 2 is 1.51 bits per heavy atom. The fourth-order valence-corrected chi connectivity index (χ4v) is 5.69. The molecule has 49 heavy (non-hydrogen) atoms. The largest absolute Gasteiger partial charge is 0.507 e. The molecule has 2 aromatic heterocycles. The molecule has 1 aliphatic heterocycles. The molecule has 1 fully saturated rings. The third-order valence-corrected chi connectivity index (χ3v) is 8.23. The van der Waals surface area contributed by atoms with Gasteiger partial charge in [0.15, 0.2) is 17.5 Å². The molecular formula is C36H29F4N5O4. The first-order valence-electron chi connectivity index (χ1n) is 15.2. The Morgan fingerprint density at radius 1 is 0.837 bits per heavy atom. The van der Waals surface area contributed by atoms with E-state index in [0.29, 0.717) is 19.2 Å². The van der Waals surface area contributed by atoms with Crippen LogP contribution in [-0.2, 0) is 22.6 Å². The van der Waals surface area contributed by atoms with E-state index in [1.807, 2.05) is 35.0 Å². The number of hydrogen-bond donors (Lipinski definition) is 1. The average molecular weight is 672 g/mol. The van der Waals surface area contributed by atoms with Gasteiger partial charge in [0.2, 0.25) is 5.78 Å². The van der Waals surface area contributed by atoms with Gasteiger partial charge in [-0.1, -0.05) is 18.2 Å². The molecule has 1 aliphatic rings. The first kappa shape index (κ1) is 32.9. The number of anilines is 1. The maximum atomic E-state index is 14.5. The zero-order valence-corrected chi connectivity index (χ0v) is 25.9. The number of aliphatic hydroxyl groups excluding tert-OH is 1. The van der Waals surface area contributed by atoms with Crippen LogP contribution < -0.4 is 10.5 Å². The molecule has 3 aromatic carbocycles. The lowest BCUT2D eigenvalue weighted by molar-refractivity contribution is -0.142. The zero-order valence-electron chi connectivity index (χ0n) is 25.9. The summed E-state index contributed by atoms with van der Waals surface area (Å²) in [4.78, 5) is 47.0. The van der Waals surface area contributed by atoms with Crippen molar-refractivity contribution in [1.29, 1.82) is 0 Å². The minimum absolute atomic E-state index is 0.0152. The summed E-state index contributed by atoms with van der Waals surface area (Å²) < 4.78 is 58.8. The van der Waals surface area contributed by atoms with E-state index in [0.717, 1.165) is 28.1 Å². The predicted octanol–water partition coefficient (Wildman–Crippen LogP) is 5.05. The Bertz CT molecular complexity index is 2080. The maximum Gasteiger partial charge on any atom is 0.294 e. The van der Waals surface area contributed by atoms with E-state index in [2.05, 4.69) is 9.88 Å². The SMILES string of the molecule is O=C(/C=C(/O)c1cc(Cc2cc(F)c(F)c(F)c2)cn(Cc2ccccc2F)c1=O)C(=O)N1CCN(c2ccc(-n3ccnc3)cc2)CC1. The Balaban J connectivity index is 1.20. The van der Waals surface area contributed by atoms with E-state index < -0.39 is 51.8 Å². The molecule has 0 spiro atoms. The molecule has 0 aliphatic carbocycles. The number of nitrogens with zero attached hydrogens (tertiary/aromatic N) is 5. The van der Waals surface area contributed by atoms with Crippen LogP contribution in [0.25, 0.3) is 11.4 Å². The number of rotatable bonds is 9. The second-order valence-electron chi connectivity index (χ2n) is 11.5. The summed E-state index contributed by atoms with van der Waals surface area (Å²) in [6.07, 6.45) is 6.95. The molecule has 13 heteroatoms. The van der Waals surface area contributed by atoms with Crippen LogP contribution in [0.1, 0.15) is 22.3 Å². The van der Waals surface area contributed by atoms with Gasteiger partial charge in [-0.25, -0.2) is 22.5 Å². The third-order valence-electron chi connectivity index (χ3n) is 8.23. The van der Waals surface area contributed by atoms with Gasteiger partial charge in [0.1, 0.15) is 11.6 Å². The molecule has 6 rings (SSSR count). The molecule has 0 unspecified atom stereocenters. The second kappa shape index (κ2) is 14.0. The number of imidazole rings is 1. The quantitative estimate of drug-likeness (QED) is 0.0775. The summed E-state index contributed by atoms with van der Waals surface area (Å²) in [5, 5.41) is 11.0. The van der Waals surface area contributed by atoms with Gasteiger partial charge in [-0.2, -0.15) is 0 Å². The Labute approximate surface area is 277 Å². The van der Waals surface area contributed by atoms with E-state index >= 15 is 0 Å². The zero-order chi connectivity index (χ0) is 34.7. The molecule has 0 radical (unpaired) electrons. The van der Waals surface area contributed by atoms with Gasteiger partial charge in [0.25, 0.3) is 11.5 Å². The number of benzene rings is 3. The van der Waals surface area contributed by atoms with Crippen molar-refractivity contribution in [3.05, 3.63) is 154 Å². The van der Waals surface area contributed by atoms with Gasteiger partial charge in [0.05, 0.1) is 18.4 Å².